The first-order valence-corrected chi connectivity index (χ1v) is 4.13. The quantitative estimate of drug-likeness (QED) is 0.694. The Kier molecular flexibility index (Phi) is 2.00. The van der Waals surface area contributed by atoms with Gasteiger partial charge in [-0.1, -0.05) is 6.07 Å². The first kappa shape index (κ1) is 8.22. The van der Waals surface area contributed by atoms with E-state index in [-0.39, 0.29) is 6.54 Å². The van der Waals surface area contributed by atoms with Crippen LogP contribution in [0.1, 0.15) is 11.8 Å². The van der Waals surface area contributed by atoms with Crippen LogP contribution in [-0.4, -0.2) is 21.3 Å². The standard InChI is InChI=1S/C9H11N3O/c10-6-9(13)8-5-7-3-1-2-4-12(7)11-8/h1-5,9,13H,6,10H2. The molecular formula is C9H11N3O. The van der Waals surface area contributed by atoms with Crippen molar-refractivity contribution in [1.29, 1.82) is 0 Å². The molecule has 2 rings (SSSR count). The van der Waals surface area contributed by atoms with Crippen LogP contribution in [0.2, 0.25) is 0 Å². The summed E-state index contributed by atoms with van der Waals surface area (Å²) in [5.41, 5.74) is 6.91. The summed E-state index contributed by atoms with van der Waals surface area (Å²) >= 11 is 0. The Bertz CT molecular complexity index is 377. The number of hydrogen-bond donors (Lipinski definition) is 2. The molecule has 1 unspecified atom stereocenters. The zero-order valence-electron chi connectivity index (χ0n) is 7.09. The second kappa shape index (κ2) is 3.16. The van der Waals surface area contributed by atoms with Crippen molar-refractivity contribution >= 4 is 5.52 Å². The minimum absolute atomic E-state index is 0.198. The van der Waals surface area contributed by atoms with Gasteiger partial charge >= 0.3 is 0 Å². The Balaban J connectivity index is 2.49. The summed E-state index contributed by atoms with van der Waals surface area (Å²) in [6.45, 7) is 0.198. The molecule has 0 aliphatic carbocycles. The highest BCUT2D eigenvalue weighted by Gasteiger charge is 2.08. The zero-order chi connectivity index (χ0) is 9.26. The molecule has 0 aliphatic rings. The number of aliphatic hydroxyl groups excluding tert-OH is 1. The van der Waals surface area contributed by atoms with Gasteiger partial charge in [0.1, 0.15) is 6.10 Å². The van der Waals surface area contributed by atoms with Crippen molar-refractivity contribution in [2.24, 2.45) is 5.73 Å². The molecule has 0 aromatic carbocycles. The summed E-state index contributed by atoms with van der Waals surface area (Å²) in [6, 6.07) is 7.57. The SMILES string of the molecule is NCC(O)c1cc2ccccn2n1. The monoisotopic (exact) mass is 177 g/mol. The van der Waals surface area contributed by atoms with Crippen molar-refractivity contribution in [2.45, 2.75) is 6.10 Å². The molecule has 2 heterocycles. The van der Waals surface area contributed by atoms with Gasteiger partial charge in [0, 0.05) is 12.7 Å². The Morgan fingerprint density at radius 1 is 1.54 bits per heavy atom. The minimum atomic E-state index is -0.667. The van der Waals surface area contributed by atoms with Crippen LogP contribution >= 0.6 is 0 Å². The number of pyridine rings is 1. The molecule has 0 saturated heterocycles. The first-order valence-electron chi connectivity index (χ1n) is 4.13. The topological polar surface area (TPSA) is 63.5 Å². The molecule has 0 fully saturated rings. The number of aliphatic hydroxyl groups is 1. The van der Waals surface area contributed by atoms with E-state index in [9.17, 15) is 5.11 Å². The van der Waals surface area contributed by atoms with Crippen molar-refractivity contribution in [3.05, 3.63) is 36.2 Å². The van der Waals surface area contributed by atoms with Crippen LogP contribution < -0.4 is 5.73 Å². The third-order valence-electron chi connectivity index (χ3n) is 1.95. The summed E-state index contributed by atoms with van der Waals surface area (Å²) in [5.74, 6) is 0. The van der Waals surface area contributed by atoms with Gasteiger partial charge in [-0.2, -0.15) is 5.10 Å². The normalized spacial score (nSPS) is 13.4. The fraction of sp³-hybridized carbons (Fsp3) is 0.222. The second-order valence-corrected chi connectivity index (χ2v) is 2.89. The molecule has 0 amide bonds. The maximum absolute atomic E-state index is 9.43. The minimum Gasteiger partial charge on any atom is -0.385 e. The van der Waals surface area contributed by atoms with Crippen LogP contribution in [0.25, 0.3) is 5.52 Å². The van der Waals surface area contributed by atoms with Gasteiger partial charge in [0.25, 0.3) is 0 Å². The molecule has 4 heteroatoms. The average Bonchev–Trinajstić information content (AvgIpc) is 2.59. The van der Waals surface area contributed by atoms with Gasteiger partial charge in [-0.15, -0.1) is 0 Å². The third-order valence-corrected chi connectivity index (χ3v) is 1.95. The van der Waals surface area contributed by atoms with Gasteiger partial charge in [0.2, 0.25) is 0 Å². The molecule has 2 aromatic rings. The van der Waals surface area contributed by atoms with Crippen LogP contribution in [0.4, 0.5) is 0 Å². The second-order valence-electron chi connectivity index (χ2n) is 2.89. The highest BCUT2D eigenvalue weighted by molar-refractivity contribution is 5.47. The lowest BCUT2D eigenvalue weighted by atomic mass is 10.2. The predicted molar refractivity (Wildman–Crippen MR) is 49.2 cm³/mol. The third kappa shape index (κ3) is 1.41. The van der Waals surface area contributed by atoms with Gasteiger partial charge in [-0.25, -0.2) is 4.52 Å². The number of nitrogens with two attached hydrogens (primary N) is 1. The lowest BCUT2D eigenvalue weighted by molar-refractivity contribution is 0.181. The molecular weight excluding hydrogens is 166 g/mol. The van der Waals surface area contributed by atoms with E-state index in [0.29, 0.717) is 5.69 Å². The molecule has 13 heavy (non-hydrogen) atoms. The summed E-state index contributed by atoms with van der Waals surface area (Å²) in [7, 11) is 0. The first-order chi connectivity index (χ1) is 6.31. The molecule has 0 saturated carbocycles. The molecule has 68 valence electrons. The summed E-state index contributed by atoms with van der Waals surface area (Å²) in [6.07, 6.45) is 1.17. The Labute approximate surface area is 75.6 Å². The van der Waals surface area contributed by atoms with E-state index in [1.54, 1.807) is 4.52 Å². The van der Waals surface area contributed by atoms with Crippen LogP contribution in [0.3, 0.4) is 0 Å². The Hall–Kier alpha value is -1.39. The summed E-state index contributed by atoms with van der Waals surface area (Å²) < 4.78 is 1.72. The maximum Gasteiger partial charge on any atom is 0.110 e. The molecule has 4 nitrogen and oxygen atoms in total. The van der Waals surface area contributed by atoms with Crippen LogP contribution in [0, 0.1) is 0 Å². The average molecular weight is 177 g/mol. The molecule has 3 N–H and O–H groups in total. The number of hydrogen-bond acceptors (Lipinski definition) is 3. The molecule has 1 atom stereocenters. The molecule has 0 spiro atoms. The fourth-order valence-corrected chi connectivity index (χ4v) is 1.24. The van der Waals surface area contributed by atoms with Gasteiger partial charge in [-0.3, -0.25) is 0 Å². The molecule has 0 aliphatic heterocycles. The zero-order valence-corrected chi connectivity index (χ0v) is 7.09. The van der Waals surface area contributed by atoms with Gasteiger partial charge in [0.15, 0.2) is 0 Å². The van der Waals surface area contributed by atoms with Crippen LogP contribution in [0.15, 0.2) is 30.5 Å². The van der Waals surface area contributed by atoms with E-state index >= 15 is 0 Å². The van der Waals surface area contributed by atoms with Gasteiger partial charge < -0.3 is 10.8 Å². The van der Waals surface area contributed by atoms with E-state index in [2.05, 4.69) is 5.10 Å². The van der Waals surface area contributed by atoms with Crippen LogP contribution in [0.5, 0.6) is 0 Å². The lowest BCUT2D eigenvalue weighted by Crippen LogP contribution is -2.11. The van der Waals surface area contributed by atoms with Crippen LogP contribution in [-0.2, 0) is 0 Å². The Morgan fingerprint density at radius 2 is 2.38 bits per heavy atom. The van der Waals surface area contributed by atoms with E-state index in [1.807, 2.05) is 30.5 Å². The summed E-state index contributed by atoms with van der Waals surface area (Å²) in [5, 5.41) is 13.6. The predicted octanol–water partition coefficient (Wildman–Crippen LogP) is 0.326. The highest BCUT2D eigenvalue weighted by Crippen LogP contribution is 2.12. The number of nitrogens with zero attached hydrogens (tertiary/aromatic N) is 2. The smallest absolute Gasteiger partial charge is 0.110 e. The molecule has 0 bridgehead atoms. The van der Waals surface area contributed by atoms with E-state index in [1.165, 1.54) is 0 Å². The number of aromatic nitrogens is 2. The Morgan fingerprint density at radius 3 is 3.08 bits per heavy atom. The van der Waals surface area contributed by atoms with Crippen molar-refractivity contribution in [2.75, 3.05) is 6.54 Å². The van der Waals surface area contributed by atoms with E-state index < -0.39 is 6.10 Å². The van der Waals surface area contributed by atoms with Crippen molar-refractivity contribution < 1.29 is 5.11 Å². The van der Waals surface area contributed by atoms with Crippen molar-refractivity contribution in [1.82, 2.24) is 9.61 Å². The maximum atomic E-state index is 9.43. The van der Waals surface area contributed by atoms with Crippen molar-refractivity contribution in [3.63, 3.8) is 0 Å². The number of rotatable bonds is 2. The molecule has 2 aromatic heterocycles. The van der Waals surface area contributed by atoms with E-state index in [4.69, 9.17) is 5.73 Å². The van der Waals surface area contributed by atoms with Crippen molar-refractivity contribution in [3.8, 4) is 0 Å². The highest BCUT2D eigenvalue weighted by atomic mass is 16.3. The van der Waals surface area contributed by atoms with Gasteiger partial charge in [-0.05, 0) is 18.2 Å². The summed E-state index contributed by atoms with van der Waals surface area (Å²) in [4.78, 5) is 0. The lowest BCUT2D eigenvalue weighted by Gasteiger charge is -2.00. The number of fused-ring (bicyclic) bond motifs is 1. The molecule has 0 radical (unpaired) electrons. The largest absolute Gasteiger partial charge is 0.385 e. The fourth-order valence-electron chi connectivity index (χ4n) is 1.24. The van der Waals surface area contributed by atoms with Gasteiger partial charge in [0.05, 0.1) is 11.2 Å². The van der Waals surface area contributed by atoms with E-state index in [0.717, 1.165) is 5.52 Å².